The van der Waals surface area contributed by atoms with Gasteiger partial charge in [0, 0.05) is 5.56 Å². The van der Waals surface area contributed by atoms with Gasteiger partial charge in [0.25, 0.3) is 0 Å². The Hall–Kier alpha value is -0.970. The summed E-state index contributed by atoms with van der Waals surface area (Å²) in [5.41, 5.74) is 0.898. The van der Waals surface area contributed by atoms with Crippen LogP contribution in [0, 0.1) is 0 Å². The largest absolute Gasteiger partial charge is 0.493 e. The van der Waals surface area contributed by atoms with Gasteiger partial charge < -0.3 is 18.9 Å². The third kappa shape index (κ3) is 2.65. The maximum absolute atomic E-state index is 5.72. The van der Waals surface area contributed by atoms with Gasteiger partial charge in [-0.3, -0.25) is 0 Å². The first kappa shape index (κ1) is 12.5. The van der Waals surface area contributed by atoms with Gasteiger partial charge in [0.15, 0.2) is 17.8 Å². The van der Waals surface area contributed by atoms with E-state index in [-0.39, 0.29) is 12.4 Å². The van der Waals surface area contributed by atoms with Gasteiger partial charge in [-0.2, -0.15) is 0 Å². The molecule has 17 heavy (non-hydrogen) atoms. The normalized spacial score (nSPS) is 23.7. The van der Waals surface area contributed by atoms with Gasteiger partial charge in [-0.05, 0) is 12.1 Å². The molecule has 0 spiro atoms. The smallest absolute Gasteiger partial charge is 0.184 e. The molecule has 5 heteroatoms. The number of halogens is 1. The molecule has 0 N–H and O–H groups in total. The molecule has 1 aromatic rings. The SMILES string of the molecule is COc1ccc([C@@H]2OC[C@H](CCl)O2)cc1OC. The summed E-state index contributed by atoms with van der Waals surface area (Å²) in [6, 6.07) is 5.57. The first-order valence-electron chi connectivity index (χ1n) is 5.33. The number of alkyl halides is 1. The van der Waals surface area contributed by atoms with E-state index in [2.05, 4.69) is 0 Å². The van der Waals surface area contributed by atoms with E-state index in [0.29, 0.717) is 24.0 Å². The molecule has 2 atom stereocenters. The summed E-state index contributed by atoms with van der Waals surface area (Å²) < 4.78 is 21.5. The Morgan fingerprint density at radius 2 is 2.06 bits per heavy atom. The van der Waals surface area contributed by atoms with Crippen LogP contribution in [-0.4, -0.2) is 32.8 Å². The van der Waals surface area contributed by atoms with Crippen LogP contribution in [-0.2, 0) is 9.47 Å². The van der Waals surface area contributed by atoms with Gasteiger partial charge in [-0.25, -0.2) is 0 Å². The fourth-order valence-electron chi connectivity index (χ4n) is 1.70. The maximum Gasteiger partial charge on any atom is 0.184 e. The van der Waals surface area contributed by atoms with Crippen molar-refractivity contribution in [2.24, 2.45) is 0 Å². The highest BCUT2D eigenvalue weighted by Crippen LogP contribution is 2.34. The number of benzene rings is 1. The first-order valence-corrected chi connectivity index (χ1v) is 5.87. The minimum atomic E-state index is -0.376. The molecule has 0 radical (unpaired) electrons. The number of ether oxygens (including phenoxy) is 4. The third-order valence-corrected chi connectivity index (χ3v) is 2.95. The molecule has 1 heterocycles. The molecule has 1 aliphatic rings. The van der Waals surface area contributed by atoms with Gasteiger partial charge in [0.05, 0.1) is 32.8 Å². The topological polar surface area (TPSA) is 36.9 Å². The van der Waals surface area contributed by atoms with Gasteiger partial charge in [0.2, 0.25) is 0 Å². The second-order valence-corrected chi connectivity index (χ2v) is 4.00. The molecule has 1 saturated heterocycles. The first-order chi connectivity index (χ1) is 8.28. The van der Waals surface area contributed by atoms with Crippen LogP contribution in [0.1, 0.15) is 11.9 Å². The number of hydrogen-bond acceptors (Lipinski definition) is 4. The average Bonchev–Trinajstić information content (AvgIpc) is 2.86. The van der Waals surface area contributed by atoms with Crippen molar-refractivity contribution in [2.75, 3.05) is 26.7 Å². The van der Waals surface area contributed by atoms with E-state index in [1.165, 1.54) is 0 Å². The lowest BCUT2D eigenvalue weighted by molar-refractivity contribution is -0.0568. The zero-order valence-electron chi connectivity index (χ0n) is 9.81. The molecule has 2 rings (SSSR count). The minimum absolute atomic E-state index is 0.0465. The number of methoxy groups -OCH3 is 2. The van der Waals surface area contributed by atoms with Crippen molar-refractivity contribution in [3.8, 4) is 11.5 Å². The van der Waals surface area contributed by atoms with Crippen LogP contribution in [0.3, 0.4) is 0 Å². The molecule has 0 aliphatic carbocycles. The molecule has 0 saturated carbocycles. The van der Waals surface area contributed by atoms with Crippen molar-refractivity contribution in [3.63, 3.8) is 0 Å². The van der Waals surface area contributed by atoms with Crippen LogP contribution in [0.15, 0.2) is 18.2 Å². The fourth-order valence-corrected chi connectivity index (χ4v) is 1.87. The molecule has 94 valence electrons. The molecule has 1 fully saturated rings. The van der Waals surface area contributed by atoms with E-state index in [9.17, 15) is 0 Å². The van der Waals surface area contributed by atoms with E-state index in [1.54, 1.807) is 14.2 Å². The number of hydrogen-bond donors (Lipinski definition) is 0. The molecular weight excluding hydrogens is 244 g/mol. The Balaban J connectivity index is 2.16. The van der Waals surface area contributed by atoms with Crippen molar-refractivity contribution in [1.29, 1.82) is 0 Å². The summed E-state index contributed by atoms with van der Waals surface area (Å²) in [5, 5.41) is 0. The van der Waals surface area contributed by atoms with Crippen LogP contribution in [0.25, 0.3) is 0 Å². The predicted octanol–water partition coefficient (Wildman–Crippen LogP) is 2.36. The average molecular weight is 259 g/mol. The summed E-state index contributed by atoms with van der Waals surface area (Å²) in [7, 11) is 3.20. The predicted molar refractivity (Wildman–Crippen MR) is 63.8 cm³/mol. The van der Waals surface area contributed by atoms with Crippen molar-refractivity contribution >= 4 is 11.6 Å². The van der Waals surface area contributed by atoms with E-state index in [4.69, 9.17) is 30.5 Å². The highest BCUT2D eigenvalue weighted by Gasteiger charge is 2.27. The summed E-state index contributed by atoms with van der Waals surface area (Å²) in [4.78, 5) is 0. The molecule has 4 nitrogen and oxygen atoms in total. The second kappa shape index (κ2) is 5.58. The number of rotatable bonds is 4. The highest BCUT2D eigenvalue weighted by atomic mass is 35.5. The van der Waals surface area contributed by atoms with Crippen molar-refractivity contribution in [2.45, 2.75) is 12.4 Å². The minimum Gasteiger partial charge on any atom is -0.493 e. The van der Waals surface area contributed by atoms with Crippen molar-refractivity contribution in [3.05, 3.63) is 23.8 Å². The van der Waals surface area contributed by atoms with Crippen LogP contribution in [0.4, 0.5) is 0 Å². The summed E-state index contributed by atoms with van der Waals surface area (Å²) in [6.07, 6.45) is -0.423. The van der Waals surface area contributed by atoms with Crippen LogP contribution in [0.5, 0.6) is 11.5 Å². The quantitative estimate of drug-likeness (QED) is 0.777. The van der Waals surface area contributed by atoms with Crippen LogP contribution in [0.2, 0.25) is 0 Å². The molecule has 0 unspecified atom stereocenters. The molecule has 0 aromatic heterocycles. The summed E-state index contributed by atoms with van der Waals surface area (Å²) >= 11 is 5.72. The zero-order chi connectivity index (χ0) is 12.3. The van der Waals surface area contributed by atoms with E-state index < -0.39 is 0 Å². The molecular formula is C12H15ClO4. The van der Waals surface area contributed by atoms with Crippen molar-refractivity contribution in [1.82, 2.24) is 0 Å². The Bertz CT molecular complexity index is 383. The second-order valence-electron chi connectivity index (χ2n) is 3.69. The fraction of sp³-hybridized carbons (Fsp3) is 0.500. The molecule has 1 aliphatic heterocycles. The van der Waals surface area contributed by atoms with E-state index in [1.807, 2.05) is 18.2 Å². The molecule has 1 aromatic carbocycles. The van der Waals surface area contributed by atoms with Gasteiger partial charge in [-0.1, -0.05) is 6.07 Å². The summed E-state index contributed by atoms with van der Waals surface area (Å²) in [6.45, 7) is 0.516. The van der Waals surface area contributed by atoms with E-state index in [0.717, 1.165) is 5.56 Å². The monoisotopic (exact) mass is 258 g/mol. The maximum atomic E-state index is 5.72. The zero-order valence-corrected chi connectivity index (χ0v) is 10.6. The van der Waals surface area contributed by atoms with Crippen LogP contribution < -0.4 is 9.47 Å². The lowest BCUT2D eigenvalue weighted by atomic mass is 10.2. The highest BCUT2D eigenvalue weighted by molar-refractivity contribution is 6.18. The van der Waals surface area contributed by atoms with Gasteiger partial charge >= 0.3 is 0 Å². The van der Waals surface area contributed by atoms with E-state index >= 15 is 0 Å². The van der Waals surface area contributed by atoms with Crippen LogP contribution >= 0.6 is 11.6 Å². The Labute approximate surface area is 105 Å². The third-order valence-electron chi connectivity index (χ3n) is 2.60. The summed E-state index contributed by atoms with van der Waals surface area (Å²) in [5.74, 6) is 1.78. The van der Waals surface area contributed by atoms with Gasteiger partial charge in [-0.15, -0.1) is 11.6 Å². The Kier molecular flexibility index (Phi) is 4.10. The lowest BCUT2D eigenvalue weighted by Gasteiger charge is -2.13. The standard InChI is InChI=1S/C12H15ClO4/c1-14-10-4-3-8(5-11(10)15-2)12-16-7-9(6-13)17-12/h3-5,9,12H,6-7H2,1-2H3/t9-,12+/m0/s1. The van der Waals surface area contributed by atoms with Gasteiger partial charge in [0.1, 0.15) is 0 Å². The Morgan fingerprint density at radius 1 is 1.29 bits per heavy atom. The molecule has 0 amide bonds. The molecule has 0 bridgehead atoms. The van der Waals surface area contributed by atoms with Crippen molar-refractivity contribution < 1.29 is 18.9 Å². The lowest BCUT2D eigenvalue weighted by Crippen LogP contribution is -2.10. The Morgan fingerprint density at radius 3 is 2.65 bits per heavy atom.